The number of thioether (sulfide) groups is 1. The Morgan fingerprint density at radius 3 is 2.54 bits per heavy atom. The van der Waals surface area contributed by atoms with E-state index in [2.05, 4.69) is 34.3 Å². The number of rotatable bonds is 6. The number of fused-ring (bicyclic) bond motifs is 1. The van der Waals surface area contributed by atoms with Gasteiger partial charge in [0.2, 0.25) is 5.91 Å². The van der Waals surface area contributed by atoms with E-state index in [1.807, 2.05) is 32.9 Å². The molecule has 0 fully saturated rings. The van der Waals surface area contributed by atoms with Gasteiger partial charge in [0.05, 0.1) is 5.25 Å². The van der Waals surface area contributed by atoms with Crippen molar-refractivity contribution >= 4 is 44.9 Å². The van der Waals surface area contributed by atoms with Gasteiger partial charge in [-0.2, -0.15) is 0 Å². The SMILES string of the molecule is CCc1cc2c(SC(CC)C(=O)Nc3cc(C)cc(C)c3)ncnc2s1. The van der Waals surface area contributed by atoms with E-state index in [0.717, 1.165) is 44.9 Å². The van der Waals surface area contributed by atoms with E-state index in [4.69, 9.17) is 0 Å². The normalized spacial score (nSPS) is 12.3. The summed E-state index contributed by atoms with van der Waals surface area (Å²) in [4.78, 5) is 23.9. The Bertz CT molecular complexity index is 916. The lowest BCUT2D eigenvalue weighted by Crippen LogP contribution is -2.24. The fraction of sp³-hybridized carbons (Fsp3) is 0.350. The summed E-state index contributed by atoms with van der Waals surface area (Å²) in [6.07, 6.45) is 3.31. The molecule has 136 valence electrons. The first-order valence-corrected chi connectivity index (χ1v) is 10.5. The predicted molar refractivity (Wildman–Crippen MR) is 111 cm³/mol. The summed E-state index contributed by atoms with van der Waals surface area (Å²) < 4.78 is 0. The largest absolute Gasteiger partial charge is 0.325 e. The Hall–Kier alpha value is -1.92. The number of aromatic nitrogens is 2. The number of thiophene rings is 1. The molecule has 1 atom stereocenters. The van der Waals surface area contributed by atoms with Crippen molar-refractivity contribution in [1.82, 2.24) is 9.97 Å². The molecule has 3 aromatic rings. The minimum absolute atomic E-state index is 0.0141. The first kappa shape index (κ1) is 18.9. The van der Waals surface area contributed by atoms with Crippen LogP contribution in [0.25, 0.3) is 10.2 Å². The Kier molecular flexibility index (Phi) is 5.94. The highest BCUT2D eigenvalue weighted by Gasteiger charge is 2.21. The Morgan fingerprint density at radius 2 is 1.88 bits per heavy atom. The molecule has 1 amide bonds. The molecule has 4 nitrogen and oxygen atoms in total. The summed E-state index contributed by atoms with van der Waals surface area (Å²) >= 11 is 3.22. The van der Waals surface area contributed by atoms with Gasteiger partial charge in [-0.1, -0.05) is 31.7 Å². The third kappa shape index (κ3) is 4.24. The summed E-state index contributed by atoms with van der Waals surface area (Å²) in [5, 5.41) is 4.80. The Morgan fingerprint density at radius 1 is 1.15 bits per heavy atom. The van der Waals surface area contributed by atoms with Crippen molar-refractivity contribution in [3.63, 3.8) is 0 Å². The molecule has 1 N–H and O–H groups in total. The first-order valence-electron chi connectivity index (χ1n) is 8.79. The molecule has 3 rings (SSSR count). The molecule has 2 aromatic heterocycles. The molecule has 1 aromatic carbocycles. The zero-order valence-electron chi connectivity index (χ0n) is 15.5. The molecule has 0 aliphatic rings. The fourth-order valence-corrected chi connectivity index (χ4v) is 4.87. The number of nitrogens with zero attached hydrogens (tertiary/aromatic N) is 2. The third-order valence-electron chi connectivity index (χ3n) is 4.10. The topological polar surface area (TPSA) is 54.9 Å². The van der Waals surface area contributed by atoms with Gasteiger partial charge in [0.15, 0.2) is 0 Å². The highest BCUT2D eigenvalue weighted by Crippen LogP contribution is 2.34. The maximum atomic E-state index is 12.8. The fourth-order valence-electron chi connectivity index (χ4n) is 2.88. The molecule has 0 saturated heterocycles. The maximum absolute atomic E-state index is 12.8. The molecule has 1 unspecified atom stereocenters. The number of carbonyl (C=O) groups excluding carboxylic acids is 1. The van der Waals surface area contributed by atoms with Crippen LogP contribution in [0.5, 0.6) is 0 Å². The molecule has 26 heavy (non-hydrogen) atoms. The molecule has 0 radical (unpaired) electrons. The average Bonchev–Trinajstić information content (AvgIpc) is 3.02. The van der Waals surface area contributed by atoms with Crippen LogP contribution in [0.2, 0.25) is 0 Å². The van der Waals surface area contributed by atoms with Gasteiger partial charge in [0, 0.05) is 16.0 Å². The maximum Gasteiger partial charge on any atom is 0.237 e. The van der Waals surface area contributed by atoms with Crippen LogP contribution in [0.4, 0.5) is 5.69 Å². The van der Waals surface area contributed by atoms with Gasteiger partial charge >= 0.3 is 0 Å². The summed E-state index contributed by atoms with van der Waals surface area (Å²) in [5.74, 6) is 0.0141. The third-order valence-corrected chi connectivity index (χ3v) is 6.67. The van der Waals surface area contributed by atoms with E-state index in [0.29, 0.717) is 0 Å². The number of aryl methyl sites for hydroxylation is 3. The molecule has 2 heterocycles. The van der Waals surface area contributed by atoms with Crippen LogP contribution >= 0.6 is 23.1 Å². The number of nitrogens with one attached hydrogen (secondary N) is 1. The van der Waals surface area contributed by atoms with Crippen molar-refractivity contribution in [3.05, 3.63) is 46.6 Å². The van der Waals surface area contributed by atoms with Crippen molar-refractivity contribution in [2.45, 2.75) is 50.8 Å². The van der Waals surface area contributed by atoms with Crippen LogP contribution in [0, 0.1) is 13.8 Å². The quantitative estimate of drug-likeness (QED) is 0.457. The number of carbonyl (C=O) groups is 1. The zero-order chi connectivity index (χ0) is 18.7. The summed E-state index contributed by atoms with van der Waals surface area (Å²) in [6, 6.07) is 8.24. The van der Waals surface area contributed by atoms with Gasteiger partial charge in [-0.05, 0) is 56.0 Å². The zero-order valence-corrected chi connectivity index (χ0v) is 17.1. The second kappa shape index (κ2) is 8.18. The second-order valence-corrected chi connectivity index (χ2v) is 8.65. The molecule has 0 bridgehead atoms. The number of hydrogen-bond donors (Lipinski definition) is 1. The van der Waals surface area contributed by atoms with E-state index < -0.39 is 0 Å². The van der Waals surface area contributed by atoms with Crippen molar-refractivity contribution < 1.29 is 4.79 Å². The van der Waals surface area contributed by atoms with Crippen LogP contribution in [0.3, 0.4) is 0 Å². The molecule has 0 saturated carbocycles. The minimum atomic E-state index is -0.195. The number of benzene rings is 1. The molecule has 6 heteroatoms. The van der Waals surface area contributed by atoms with Crippen LogP contribution < -0.4 is 5.32 Å². The molecular formula is C20H23N3OS2. The number of hydrogen-bond acceptors (Lipinski definition) is 5. The van der Waals surface area contributed by atoms with E-state index in [9.17, 15) is 4.79 Å². The Labute approximate surface area is 162 Å². The van der Waals surface area contributed by atoms with Crippen LogP contribution in [0.1, 0.15) is 36.3 Å². The minimum Gasteiger partial charge on any atom is -0.325 e. The van der Waals surface area contributed by atoms with Gasteiger partial charge in [-0.15, -0.1) is 11.3 Å². The average molecular weight is 386 g/mol. The van der Waals surface area contributed by atoms with Gasteiger partial charge in [-0.3, -0.25) is 4.79 Å². The van der Waals surface area contributed by atoms with Gasteiger partial charge in [0.1, 0.15) is 16.2 Å². The molecule has 0 spiro atoms. The van der Waals surface area contributed by atoms with E-state index in [-0.39, 0.29) is 11.2 Å². The summed E-state index contributed by atoms with van der Waals surface area (Å²) in [7, 11) is 0. The smallest absolute Gasteiger partial charge is 0.237 e. The molecule has 0 aliphatic carbocycles. The second-order valence-electron chi connectivity index (χ2n) is 6.34. The van der Waals surface area contributed by atoms with E-state index in [1.165, 1.54) is 16.6 Å². The van der Waals surface area contributed by atoms with Crippen molar-refractivity contribution in [2.24, 2.45) is 0 Å². The molecule has 0 aliphatic heterocycles. The lowest BCUT2D eigenvalue weighted by Gasteiger charge is -2.15. The van der Waals surface area contributed by atoms with Gasteiger partial charge in [-0.25, -0.2) is 9.97 Å². The van der Waals surface area contributed by atoms with Gasteiger partial charge < -0.3 is 5.32 Å². The van der Waals surface area contributed by atoms with Crippen LogP contribution in [-0.4, -0.2) is 21.1 Å². The van der Waals surface area contributed by atoms with Crippen molar-refractivity contribution in [2.75, 3.05) is 5.32 Å². The van der Waals surface area contributed by atoms with Crippen LogP contribution in [-0.2, 0) is 11.2 Å². The number of anilines is 1. The highest BCUT2D eigenvalue weighted by molar-refractivity contribution is 8.00. The molecular weight excluding hydrogens is 362 g/mol. The number of amides is 1. The first-order chi connectivity index (χ1) is 12.5. The summed E-state index contributed by atoms with van der Waals surface area (Å²) in [6.45, 7) is 8.24. The monoisotopic (exact) mass is 385 g/mol. The van der Waals surface area contributed by atoms with Crippen molar-refractivity contribution in [1.29, 1.82) is 0 Å². The van der Waals surface area contributed by atoms with E-state index >= 15 is 0 Å². The van der Waals surface area contributed by atoms with Crippen LogP contribution in [0.15, 0.2) is 35.6 Å². The van der Waals surface area contributed by atoms with Gasteiger partial charge in [0.25, 0.3) is 0 Å². The predicted octanol–water partition coefficient (Wildman–Crippen LogP) is 5.38. The lowest BCUT2D eigenvalue weighted by atomic mass is 10.1. The summed E-state index contributed by atoms with van der Waals surface area (Å²) in [5.41, 5.74) is 3.14. The van der Waals surface area contributed by atoms with Crippen molar-refractivity contribution in [3.8, 4) is 0 Å². The van der Waals surface area contributed by atoms with E-state index in [1.54, 1.807) is 17.7 Å². The standard InChI is InChI=1S/C20H23N3OS2/c1-5-15-10-16-19(25-15)21-11-22-20(16)26-17(6-2)18(24)23-14-8-12(3)7-13(4)9-14/h7-11,17H,5-6H2,1-4H3,(H,23,24). The Balaban J connectivity index is 1.80. The highest BCUT2D eigenvalue weighted by atomic mass is 32.2. The lowest BCUT2D eigenvalue weighted by molar-refractivity contribution is -0.115.